The first-order chi connectivity index (χ1) is 7.06. The van der Waals surface area contributed by atoms with E-state index < -0.39 is 24.5 Å². The van der Waals surface area contributed by atoms with Crippen LogP contribution in [0.2, 0.25) is 0 Å². The second-order valence-electron chi connectivity index (χ2n) is 2.88. The van der Waals surface area contributed by atoms with E-state index in [1.54, 1.807) is 6.08 Å². The Balaban J connectivity index is 3.71. The Morgan fingerprint density at radius 3 is 2.67 bits per heavy atom. The van der Waals surface area contributed by atoms with Crippen LogP contribution in [0.25, 0.3) is 0 Å². The lowest BCUT2D eigenvalue weighted by molar-refractivity contribution is -0.138. The van der Waals surface area contributed by atoms with Crippen LogP contribution < -0.4 is 5.32 Å². The van der Waals surface area contributed by atoms with Crippen LogP contribution in [0.15, 0.2) is 12.2 Å². The molecule has 1 amide bonds. The number of rotatable bonds is 7. The van der Waals surface area contributed by atoms with Crippen LogP contribution in [0.3, 0.4) is 0 Å². The molecule has 0 aliphatic heterocycles. The lowest BCUT2D eigenvalue weighted by atomic mass is 10.2. The van der Waals surface area contributed by atoms with Gasteiger partial charge in [-0.05, 0) is 12.2 Å². The summed E-state index contributed by atoms with van der Waals surface area (Å²) in [4.78, 5) is 21.1. The fourth-order valence-electron chi connectivity index (χ4n) is 0.832. The van der Waals surface area contributed by atoms with Crippen LogP contribution in [-0.2, 0) is 9.59 Å². The number of amides is 1. The summed E-state index contributed by atoms with van der Waals surface area (Å²) in [6.07, 6.45) is 2.94. The number of aliphatic hydroxyl groups excluding tert-OH is 1. The summed E-state index contributed by atoms with van der Waals surface area (Å²) in [5.74, 6) is -0.919. The monoisotopic (exact) mass is 233 g/mol. The topological polar surface area (TPSA) is 86.6 Å². The Morgan fingerprint density at radius 2 is 2.13 bits per heavy atom. The molecule has 1 atom stereocenters. The first-order valence-electron chi connectivity index (χ1n) is 4.50. The molecule has 0 spiro atoms. The average Bonchev–Trinajstić information content (AvgIpc) is 2.15. The maximum Gasteiger partial charge on any atom is 0.322 e. The highest BCUT2D eigenvalue weighted by Crippen LogP contribution is 1.96. The zero-order chi connectivity index (χ0) is 11.7. The molecule has 86 valence electrons. The highest BCUT2D eigenvalue weighted by molar-refractivity contribution is 7.80. The van der Waals surface area contributed by atoms with E-state index in [1.807, 2.05) is 0 Å². The molecule has 0 heterocycles. The van der Waals surface area contributed by atoms with E-state index in [9.17, 15) is 14.7 Å². The van der Waals surface area contributed by atoms with E-state index in [4.69, 9.17) is 5.11 Å². The third-order valence-electron chi connectivity index (χ3n) is 1.49. The van der Waals surface area contributed by atoms with Crippen LogP contribution in [0.5, 0.6) is 0 Å². The Morgan fingerprint density at radius 1 is 1.47 bits per heavy atom. The van der Waals surface area contributed by atoms with E-state index >= 15 is 0 Å². The number of nitrogens with one attached hydrogen (secondary N) is 1. The largest absolute Gasteiger partial charge is 0.480 e. The number of aliphatic hydroxyl groups is 1. The molecule has 3 N–H and O–H groups in total. The Kier molecular flexibility index (Phi) is 7.75. The molecule has 15 heavy (non-hydrogen) atoms. The minimum Gasteiger partial charge on any atom is -0.480 e. The Labute approximate surface area is 93.6 Å². The van der Waals surface area contributed by atoms with Crippen molar-refractivity contribution in [2.45, 2.75) is 18.9 Å². The highest BCUT2D eigenvalue weighted by atomic mass is 32.1. The predicted octanol–water partition coefficient (Wildman–Crippen LogP) is -0.186. The molecule has 0 bridgehead atoms. The van der Waals surface area contributed by atoms with Gasteiger partial charge in [0.05, 0.1) is 12.5 Å². The summed E-state index contributed by atoms with van der Waals surface area (Å²) < 4.78 is 0. The van der Waals surface area contributed by atoms with Gasteiger partial charge in [0.25, 0.3) is 0 Å². The summed E-state index contributed by atoms with van der Waals surface area (Å²) >= 11 is 3.97. The fraction of sp³-hybridized carbons (Fsp3) is 0.556. The summed E-state index contributed by atoms with van der Waals surface area (Å²) in [5.41, 5.74) is 0. The molecule has 0 aliphatic rings. The molecule has 0 saturated carbocycles. The van der Waals surface area contributed by atoms with Gasteiger partial charge in [-0.25, -0.2) is 0 Å². The van der Waals surface area contributed by atoms with Crippen molar-refractivity contribution in [1.29, 1.82) is 0 Å². The van der Waals surface area contributed by atoms with Crippen molar-refractivity contribution in [3.63, 3.8) is 0 Å². The van der Waals surface area contributed by atoms with Crippen molar-refractivity contribution >= 4 is 24.5 Å². The normalized spacial score (nSPS) is 12.7. The fourth-order valence-corrected chi connectivity index (χ4v) is 0.981. The van der Waals surface area contributed by atoms with Crippen LogP contribution >= 0.6 is 12.6 Å². The molecule has 0 aromatic carbocycles. The third kappa shape index (κ3) is 9.30. The second-order valence-corrected chi connectivity index (χ2v) is 3.33. The molecule has 0 aromatic rings. The molecule has 0 aromatic heterocycles. The van der Waals surface area contributed by atoms with Gasteiger partial charge < -0.3 is 15.5 Å². The zero-order valence-corrected chi connectivity index (χ0v) is 9.11. The lowest BCUT2D eigenvalue weighted by Gasteiger charge is -2.05. The number of carboxylic acids is 1. The lowest BCUT2D eigenvalue weighted by Crippen LogP contribution is -2.31. The van der Waals surface area contributed by atoms with Gasteiger partial charge in [-0.3, -0.25) is 9.59 Å². The van der Waals surface area contributed by atoms with Crippen LogP contribution in [0.4, 0.5) is 0 Å². The van der Waals surface area contributed by atoms with Crippen molar-refractivity contribution in [2.24, 2.45) is 0 Å². The highest BCUT2D eigenvalue weighted by Gasteiger charge is 2.08. The first kappa shape index (κ1) is 14.0. The molecular weight excluding hydrogens is 218 g/mol. The van der Waals surface area contributed by atoms with Gasteiger partial charge in [-0.15, -0.1) is 0 Å². The Hall–Kier alpha value is -1.01. The van der Waals surface area contributed by atoms with Crippen molar-refractivity contribution in [2.75, 3.05) is 12.3 Å². The molecule has 6 heteroatoms. The van der Waals surface area contributed by atoms with Gasteiger partial charge in [0.1, 0.15) is 6.54 Å². The van der Waals surface area contributed by atoms with Gasteiger partial charge in [-0.2, -0.15) is 12.6 Å². The maximum absolute atomic E-state index is 11.0. The van der Waals surface area contributed by atoms with Crippen LogP contribution in [0, 0.1) is 0 Å². The zero-order valence-electron chi connectivity index (χ0n) is 8.22. The summed E-state index contributed by atoms with van der Waals surface area (Å²) in [6.45, 7) is -0.425. The maximum atomic E-state index is 11.0. The molecular formula is C9H15NO4S. The van der Waals surface area contributed by atoms with E-state index in [0.717, 1.165) is 6.42 Å². The van der Waals surface area contributed by atoms with Crippen LogP contribution in [-0.4, -0.2) is 40.5 Å². The molecule has 5 nitrogen and oxygen atoms in total. The standard InChI is InChI=1S/C9H15NO4S/c11-7(3-1-2-4-15)5-8(12)10-6-9(13)14/h1,3,7,11,15H,2,4-6H2,(H,10,12)(H,13,14)/b3-1+. The molecule has 0 radical (unpaired) electrons. The summed E-state index contributed by atoms with van der Waals surface area (Å²) in [5, 5.41) is 19.7. The first-order valence-corrected chi connectivity index (χ1v) is 5.13. The summed E-state index contributed by atoms with van der Waals surface area (Å²) in [6, 6.07) is 0. The van der Waals surface area contributed by atoms with Crippen molar-refractivity contribution < 1.29 is 19.8 Å². The van der Waals surface area contributed by atoms with Crippen LogP contribution in [0.1, 0.15) is 12.8 Å². The predicted molar refractivity (Wildman–Crippen MR) is 58.9 cm³/mol. The molecule has 0 aliphatic carbocycles. The van der Waals surface area contributed by atoms with Gasteiger partial charge in [-0.1, -0.05) is 12.2 Å². The number of carbonyl (C=O) groups excluding carboxylic acids is 1. The number of hydrogen-bond donors (Lipinski definition) is 4. The third-order valence-corrected chi connectivity index (χ3v) is 1.74. The number of thiol groups is 1. The second kappa shape index (κ2) is 8.31. The number of aliphatic carboxylic acids is 1. The van der Waals surface area contributed by atoms with E-state index in [0.29, 0.717) is 5.75 Å². The van der Waals surface area contributed by atoms with Gasteiger partial charge in [0.15, 0.2) is 0 Å². The number of allylic oxidation sites excluding steroid dienone is 1. The summed E-state index contributed by atoms with van der Waals surface area (Å²) in [7, 11) is 0. The van der Waals surface area contributed by atoms with Gasteiger partial charge in [0, 0.05) is 0 Å². The average molecular weight is 233 g/mol. The van der Waals surface area contributed by atoms with Crippen molar-refractivity contribution in [1.82, 2.24) is 5.32 Å². The number of carboxylic acid groups (broad SMARTS) is 1. The number of hydrogen-bond acceptors (Lipinski definition) is 4. The van der Waals surface area contributed by atoms with Crippen molar-refractivity contribution in [3.05, 3.63) is 12.2 Å². The minimum absolute atomic E-state index is 0.129. The molecule has 0 fully saturated rings. The quantitative estimate of drug-likeness (QED) is 0.363. The van der Waals surface area contributed by atoms with Gasteiger partial charge >= 0.3 is 5.97 Å². The van der Waals surface area contributed by atoms with E-state index in [2.05, 4.69) is 17.9 Å². The Bertz CT molecular complexity index is 242. The SMILES string of the molecule is O=C(O)CNC(=O)CC(O)/C=C/CCS. The molecule has 0 rings (SSSR count). The molecule has 0 saturated heterocycles. The smallest absolute Gasteiger partial charge is 0.322 e. The molecule has 1 unspecified atom stereocenters. The minimum atomic E-state index is -1.11. The van der Waals surface area contributed by atoms with Gasteiger partial charge in [0.2, 0.25) is 5.91 Å². The van der Waals surface area contributed by atoms with Crippen molar-refractivity contribution in [3.8, 4) is 0 Å². The van der Waals surface area contributed by atoms with E-state index in [1.165, 1.54) is 6.08 Å². The number of carbonyl (C=O) groups is 2. The van der Waals surface area contributed by atoms with E-state index in [-0.39, 0.29) is 6.42 Å².